The van der Waals surface area contributed by atoms with Crippen LogP contribution in [0, 0.1) is 0 Å². The molecule has 0 fully saturated rings. The third kappa shape index (κ3) is 5.96. The van der Waals surface area contributed by atoms with E-state index < -0.39 is 0 Å². The van der Waals surface area contributed by atoms with Crippen LogP contribution in [0.15, 0.2) is 48.5 Å². The quantitative estimate of drug-likeness (QED) is 0.768. The molecule has 2 aromatic rings. The number of nitrogens with one attached hydrogen (secondary N) is 2. The van der Waals surface area contributed by atoms with Crippen LogP contribution in [0.25, 0.3) is 0 Å². The molecular formula is C17H19ClN2O2S. The third-order valence-corrected chi connectivity index (χ3v) is 3.51. The van der Waals surface area contributed by atoms with Crippen LogP contribution >= 0.6 is 23.8 Å². The Morgan fingerprint density at radius 2 is 1.70 bits per heavy atom. The van der Waals surface area contributed by atoms with Crippen molar-refractivity contribution >= 4 is 34.6 Å². The number of thiocarbonyl (C=S) groups is 1. The number of ether oxygens (including phenoxy) is 2. The van der Waals surface area contributed by atoms with Gasteiger partial charge in [0.2, 0.25) is 0 Å². The van der Waals surface area contributed by atoms with Gasteiger partial charge < -0.3 is 20.1 Å². The highest BCUT2D eigenvalue weighted by Gasteiger charge is 2.06. The molecule has 0 saturated heterocycles. The largest absolute Gasteiger partial charge is 0.497 e. The minimum Gasteiger partial charge on any atom is -0.497 e. The Labute approximate surface area is 146 Å². The van der Waals surface area contributed by atoms with Crippen LogP contribution in [0.5, 0.6) is 11.5 Å². The summed E-state index contributed by atoms with van der Waals surface area (Å²) in [6.07, 6.45) is 0. The fourth-order valence-corrected chi connectivity index (χ4v) is 2.30. The van der Waals surface area contributed by atoms with Crippen molar-refractivity contribution in [1.82, 2.24) is 5.32 Å². The van der Waals surface area contributed by atoms with E-state index in [2.05, 4.69) is 10.6 Å². The first kappa shape index (κ1) is 17.4. The van der Waals surface area contributed by atoms with Crippen LogP contribution in [-0.4, -0.2) is 24.9 Å². The molecule has 0 heterocycles. The van der Waals surface area contributed by atoms with E-state index in [9.17, 15) is 0 Å². The van der Waals surface area contributed by atoms with Gasteiger partial charge in [-0.25, -0.2) is 0 Å². The van der Waals surface area contributed by atoms with Crippen LogP contribution in [0.4, 0.5) is 5.69 Å². The first-order chi connectivity index (χ1) is 11.1. The van der Waals surface area contributed by atoms with Crippen molar-refractivity contribution in [2.24, 2.45) is 0 Å². The molecule has 0 aromatic heterocycles. The Hall–Kier alpha value is -1.98. The lowest BCUT2D eigenvalue weighted by Crippen LogP contribution is -2.39. The SMILES string of the molecule is COc1ccc(OCC(C)NC(=S)Nc2ccc(Cl)cc2)cc1. The van der Waals surface area contributed by atoms with Crippen molar-refractivity contribution in [3.63, 3.8) is 0 Å². The van der Waals surface area contributed by atoms with Gasteiger partial charge in [0.15, 0.2) is 5.11 Å². The molecule has 0 aliphatic rings. The Kier molecular flexibility index (Phi) is 6.50. The van der Waals surface area contributed by atoms with Gasteiger partial charge in [0.25, 0.3) is 0 Å². The molecule has 0 saturated carbocycles. The van der Waals surface area contributed by atoms with Crippen molar-refractivity contribution in [3.8, 4) is 11.5 Å². The smallest absolute Gasteiger partial charge is 0.171 e. The first-order valence-corrected chi connectivity index (χ1v) is 7.95. The second-order valence-corrected chi connectivity index (χ2v) is 5.84. The molecular weight excluding hydrogens is 332 g/mol. The molecule has 2 N–H and O–H groups in total. The van der Waals surface area contributed by atoms with Gasteiger partial charge >= 0.3 is 0 Å². The minimum atomic E-state index is 0.0596. The zero-order valence-electron chi connectivity index (χ0n) is 13.0. The predicted molar refractivity (Wildman–Crippen MR) is 98.8 cm³/mol. The monoisotopic (exact) mass is 350 g/mol. The lowest BCUT2D eigenvalue weighted by Gasteiger charge is -2.17. The molecule has 0 aliphatic heterocycles. The van der Waals surface area contributed by atoms with Gasteiger partial charge in [-0.1, -0.05) is 11.6 Å². The zero-order chi connectivity index (χ0) is 16.7. The highest BCUT2D eigenvalue weighted by Crippen LogP contribution is 2.17. The number of anilines is 1. The summed E-state index contributed by atoms with van der Waals surface area (Å²) in [5, 5.41) is 7.51. The third-order valence-electron chi connectivity index (χ3n) is 3.04. The topological polar surface area (TPSA) is 42.5 Å². The summed E-state index contributed by atoms with van der Waals surface area (Å²) in [5.41, 5.74) is 0.884. The van der Waals surface area contributed by atoms with Gasteiger partial charge in [0.05, 0.1) is 13.2 Å². The van der Waals surface area contributed by atoms with Gasteiger partial charge in [-0.15, -0.1) is 0 Å². The number of hydrogen-bond donors (Lipinski definition) is 2. The molecule has 0 spiro atoms. The van der Waals surface area contributed by atoms with E-state index in [-0.39, 0.29) is 6.04 Å². The number of methoxy groups -OCH3 is 1. The standard InChI is InChI=1S/C17H19ClN2O2S/c1-12(11-22-16-9-7-15(21-2)8-10-16)19-17(23)20-14-5-3-13(18)4-6-14/h3-10,12H,11H2,1-2H3,(H2,19,20,23). The van der Waals surface area contributed by atoms with Crippen LogP contribution in [-0.2, 0) is 0 Å². The van der Waals surface area contributed by atoms with Crippen molar-refractivity contribution in [2.45, 2.75) is 13.0 Å². The zero-order valence-corrected chi connectivity index (χ0v) is 14.6. The summed E-state index contributed by atoms with van der Waals surface area (Å²) in [5.74, 6) is 1.59. The highest BCUT2D eigenvalue weighted by atomic mass is 35.5. The number of rotatable bonds is 6. The molecule has 0 amide bonds. The van der Waals surface area contributed by atoms with Crippen molar-refractivity contribution in [2.75, 3.05) is 19.0 Å². The minimum absolute atomic E-state index is 0.0596. The molecule has 2 aromatic carbocycles. The first-order valence-electron chi connectivity index (χ1n) is 7.17. The molecule has 1 unspecified atom stereocenters. The van der Waals surface area contributed by atoms with E-state index >= 15 is 0 Å². The number of halogens is 1. The molecule has 6 heteroatoms. The summed E-state index contributed by atoms with van der Waals surface area (Å²) < 4.78 is 10.8. The Morgan fingerprint density at radius 1 is 1.09 bits per heavy atom. The van der Waals surface area contributed by atoms with Crippen molar-refractivity contribution < 1.29 is 9.47 Å². The second kappa shape index (κ2) is 8.60. The highest BCUT2D eigenvalue weighted by molar-refractivity contribution is 7.80. The average molecular weight is 351 g/mol. The van der Waals surface area contributed by atoms with Crippen LogP contribution in [0.1, 0.15) is 6.92 Å². The van der Waals surface area contributed by atoms with E-state index in [1.165, 1.54) is 0 Å². The lowest BCUT2D eigenvalue weighted by atomic mass is 10.3. The molecule has 0 bridgehead atoms. The van der Waals surface area contributed by atoms with Gasteiger partial charge in [-0.05, 0) is 67.7 Å². The van der Waals surface area contributed by atoms with Crippen molar-refractivity contribution in [1.29, 1.82) is 0 Å². The maximum Gasteiger partial charge on any atom is 0.171 e. The fraction of sp³-hybridized carbons (Fsp3) is 0.235. The van der Waals surface area contributed by atoms with Crippen LogP contribution in [0.3, 0.4) is 0 Å². The van der Waals surface area contributed by atoms with E-state index in [4.69, 9.17) is 33.3 Å². The number of benzene rings is 2. The van der Waals surface area contributed by atoms with E-state index in [0.717, 1.165) is 17.2 Å². The summed E-state index contributed by atoms with van der Waals surface area (Å²) in [6, 6.07) is 14.9. The molecule has 2 rings (SSSR count). The Morgan fingerprint density at radius 3 is 2.30 bits per heavy atom. The predicted octanol–water partition coefficient (Wildman–Crippen LogP) is 4.10. The Bertz CT molecular complexity index is 632. The second-order valence-electron chi connectivity index (χ2n) is 4.99. The molecule has 122 valence electrons. The normalized spacial score (nSPS) is 11.4. The maximum absolute atomic E-state index is 5.85. The van der Waals surface area contributed by atoms with Gasteiger partial charge in [0.1, 0.15) is 18.1 Å². The van der Waals surface area contributed by atoms with Gasteiger partial charge in [0, 0.05) is 10.7 Å². The molecule has 0 radical (unpaired) electrons. The van der Waals surface area contributed by atoms with E-state index in [1.54, 1.807) is 7.11 Å². The van der Waals surface area contributed by atoms with Gasteiger partial charge in [-0.2, -0.15) is 0 Å². The summed E-state index contributed by atoms with van der Waals surface area (Å²) in [7, 11) is 1.64. The summed E-state index contributed by atoms with van der Waals surface area (Å²) in [6.45, 7) is 2.49. The van der Waals surface area contributed by atoms with E-state index in [0.29, 0.717) is 16.7 Å². The van der Waals surface area contributed by atoms with Crippen molar-refractivity contribution in [3.05, 3.63) is 53.6 Å². The lowest BCUT2D eigenvalue weighted by molar-refractivity contribution is 0.286. The van der Waals surface area contributed by atoms with Gasteiger partial charge in [-0.3, -0.25) is 0 Å². The van der Waals surface area contributed by atoms with Crippen LogP contribution < -0.4 is 20.1 Å². The fourth-order valence-electron chi connectivity index (χ4n) is 1.86. The van der Waals surface area contributed by atoms with E-state index in [1.807, 2.05) is 55.5 Å². The summed E-state index contributed by atoms with van der Waals surface area (Å²) in [4.78, 5) is 0. The average Bonchev–Trinajstić information content (AvgIpc) is 2.55. The number of hydrogen-bond acceptors (Lipinski definition) is 3. The maximum atomic E-state index is 5.85. The molecule has 1 atom stereocenters. The summed E-state index contributed by atoms with van der Waals surface area (Å²) >= 11 is 11.1. The molecule has 4 nitrogen and oxygen atoms in total. The molecule has 0 aliphatic carbocycles. The molecule has 23 heavy (non-hydrogen) atoms. The van der Waals surface area contributed by atoms with Crippen LogP contribution in [0.2, 0.25) is 5.02 Å². The Balaban J connectivity index is 1.75.